The molecule has 0 bridgehead atoms. The summed E-state index contributed by atoms with van der Waals surface area (Å²) in [5.41, 5.74) is 1.32. The van der Waals surface area contributed by atoms with Crippen LogP contribution in [0.1, 0.15) is 45.1 Å². The minimum Gasteiger partial charge on any atom is -0.376 e. The van der Waals surface area contributed by atoms with Gasteiger partial charge in [-0.25, -0.2) is 0 Å². The molecule has 0 spiro atoms. The van der Waals surface area contributed by atoms with Gasteiger partial charge in [-0.3, -0.25) is 14.5 Å². The Labute approximate surface area is 177 Å². The quantitative estimate of drug-likeness (QED) is 0.738. The van der Waals surface area contributed by atoms with Gasteiger partial charge in [-0.15, -0.1) is 0 Å². The van der Waals surface area contributed by atoms with Gasteiger partial charge >= 0.3 is 0 Å². The Morgan fingerprint density at radius 1 is 1.28 bits per heavy atom. The number of hydrogen-bond acceptors (Lipinski definition) is 5. The van der Waals surface area contributed by atoms with Crippen LogP contribution in [0, 0.1) is 11.8 Å². The molecule has 0 unspecified atom stereocenters. The second-order valence-corrected chi connectivity index (χ2v) is 9.84. The number of nitrogens with zero attached hydrogens (tertiary/aromatic N) is 2. The summed E-state index contributed by atoms with van der Waals surface area (Å²) in [6.07, 6.45) is 3.11. The highest BCUT2D eigenvalue weighted by Gasteiger charge is 2.51. The monoisotopic (exact) mass is 419 g/mol. The van der Waals surface area contributed by atoms with Crippen molar-refractivity contribution in [2.45, 2.75) is 64.3 Å². The molecule has 4 heterocycles. The maximum absolute atomic E-state index is 12.8. The SMILES string of the molecule is CC(C)NC(=O)C[C@@H]1CN(Cc2ccsc2)[C@@H]2CO[C@@H](CC(=O)N3CCCC3)[C@H]12. The summed E-state index contributed by atoms with van der Waals surface area (Å²) in [6.45, 7) is 8.20. The first-order valence-corrected chi connectivity index (χ1v) is 11.9. The zero-order chi connectivity index (χ0) is 20.4. The lowest BCUT2D eigenvalue weighted by Gasteiger charge is -2.25. The van der Waals surface area contributed by atoms with Gasteiger partial charge < -0.3 is 15.0 Å². The minimum absolute atomic E-state index is 0.0718. The highest BCUT2D eigenvalue weighted by Crippen LogP contribution is 2.42. The predicted octanol–water partition coefficient (Wildman–Crippen LogP) is 2.49. The number of fused-ring (bicyclic) bond motifs is 1. The molecule has 3 aliphatic heterocycles. The van der Waals surface area contributed by atoms with Crippen molar-refractivity contribution in [2.75, 3.05) is 26.2 Å². The Kier molecular flexibility index (Phi) is 6.56. The molecule has 1 aromatic heterocycles. The highest BCUT2D eigenvalue weighted by atomic mass is 32.1. The van der Waals surface area contributed by atoms with E-state index in [0.29, 0.717) is 25.5 Å². The molecule has 0 radical (unpaired) electrons. The Morgan fingerprint density at radius 3 is 2.76 bits per heavy atom. The zero-order valence-electron chi connectivity index (χ0n) is 17.5. The average Bonchev–Trinajstić information content (AvgIpc) is 3.43. The van der Waals surface area contributed by atoms with E-state index in [9.17, 15) is 9.59 Å². The number of carbonyl (C=O) groups is 2. The lowest BCUT2D eigenvalue weighted by Crippen LogP contribution is -2.37. The molecular formula is C22H33N3O3S. The van der Waals surface area contributed by atoms with Gasteiger partial charge in [0.15, 0.2) is 0 Å². The van der Waals surface area contributed by atoms with Crippen molar-refractivity contribution in [2.24, 2.45) is 11.8 Å². The number of rotatable bonds is 7. The van der Waals surface area contributed by atoms with E-state index in [1.807, 2.05) is 18.7 Å². The van der Waals surface area contributed by atoms with Crippen molar-refractivity contribution in [1.29, 1.82) is 0 Å². The van der Waals surface area contributed by atoms with Crippen molar-refractivity contribution in [3.8, 4) is 0 Å². The van der Waals surface area contributed by atoms with E-state index < -0.39 is 0 Å². The molecule has 3 fully saturated rings. The zero-order valence-corrected chi connectivity index (χ0v) is 18.3. The number of ether oxygens (including phenoxy) is 1. The molecule has 160 valence electrons. The van der Waals surface area contributed by atoms with E-state index in [1.54, 1.807) is 11.3 Å². The van der Waals surface area contributed by atoms with E-state index >= 15 is 0 Å². The molecule has 3 saturated heterocycles. The van der Waals surface area contributed by atoms with Crippen LogP contribution in [0.5, 0.6) is 0 Å². The van der Waals surface area contributed by atoms with Crippen LogP contribution >= 0.6 is 11.3 Å². The Bertz CT molecular complexity index is 702. The van der Waals surface area contributed by atoms with Crippen molar-refractivity contribution in [1.82, 2.24) is 15.1 Å². The van der Waals surface area contributed by atoms with Crippen LogP contribution in [0.4, 0.5) is 0 Å². The van der Waals surface area contributed by atoms with Gasteiger partial charge in [0, 0.05) is 50.6 Å². The largest absolute Gasteiger partial charge is 0.376 e. The average molecular weight is 420 g/mol. The maximum atomic E-state index is 12.8. The van der Waals surface area contributed by atoms with Crippen molar-refractivity contribution in [3.05, 3.63) is 22.4 Å². The Hall–Kier alpha value is -1.44. The van der Waals surface area contributed by atoms with Crippen LogP contribution in [0.2, 0.25) is 0 Å². The number of hydrogen-bond donors (Lipinski definition) is 1. The summed E-state index contributed by atoms with van der Waals surface area (Å²) in [6, 6.07) is 2.61. The molecule has 29 heavy (non-hydrogen) atoms. The molecule has 0 aliphatic carbocycles. The van der Waals surface area contributed by atoms with Crippen LogP contribution in [0.15, 0.2) is 16.8 Å². The number of likely N-dealkylation sites (tertiary alicyclic amines) is 2. The number of thiophene rings is 1. The van der Waals surface area contributed by atoms with E-state index in [0.717, 1.165) is 39.0 Å². The summed E-state index contributed by atoms with van der Waals surface area (Å²) in [5, 5.41) is 7.34. The van der Waals surface area contributed by atoms with Crippen LogP contribution in [0.25, 0.3) is 0 Å². The molecule has 2 amide bonds. The molecule has 0 aromatic carbocycles. The number of carbonyl (C=O) groups excluding carboxylic acids is 2. The first-order valence-electron chi connectivity index (χ1n) is 10.9. The van der Waals surface area contributed by atoms with E-state index in [-0.39, 0.29) is 35.8 Å². The summed E-state index contributed by atoms with van der Waals surface area (Å²) in [5.74, 6) is 0.807. The van der Waals surface area contributed by atoms with Gasteiger partial charge in [0.25, 0.3) is 0 Å². The predicted molar refractivity (Wildman–Crippen MR) is 114 cm³/mol. The van der Waals surface area contributed by atoms with Gasteiger partial charge in [-0.2, -0.15) is 11.3 Å². The third-order valence-electron chi connectivity index (χ3n) is 6.53. The number of amides is 2. The minimum atomic E-state index is -0.0718. The number of nitrogens with one attached hydrogen (secondary N) is 1. The second kappa shape index (κ2) is 9.14. The van der Waals surface area contributed by atoms with Crippen LogP contribution in [-0.4, -0.2) is 66.0 Å². The summed E-state index contributed by atoms with van der Waals surface area (Å²) in [4.78, 5) is 29.7. The van der Waals surface area contributed by atoms with Crippen molar-refractivity contribution >= 4 is 23.2 Å². The third-order valence-corrected chi connectivity index (χ3v) is 7.27. The normalized spacial score (nSPS) is 29.6. The lowest BCUT2D eigenvalue weighted by molar-refractivity contribution is -0.133. The van der Waals surface area contributed by atoms with Crippen molar-refractivity contribution < 1.29 is 14.3 Å². The third kappa shape index (κ3) is 4.84. The molecule has 1 N–H and O–H groups in total. The lowest BCUT2D eigenvalue weighted by atomic mass is 9.84. The smallest absolute Gasteiger partial charge is 0.225 e. The van der Waals surface area contributed by atoms with Crippen LogP contribution < -0.4 is 5.32 Å². The van der Waals surface area contributed by atoms with Gasteiger partial charge in [0.05, 0.1) is 19.1 Å². The van der Waals surface area contributed by atoms with E-state index in [1.165, 1.54) is 5.56 Å². The maximum Gasteiger partial charge on any atom is 0.225 e. The molecule has 4 atom stereocenters. The first-order chi connectivity index (χ1) is 14.0. The van der Waals surface area contributed by atoms with Gasteiger partial charge in [0.2, 0.25) is 11.8 Å². The molecular weight excluding hydrogens is 386 g/mol. The molecule has 1 aromatic rings. The first kappa shape index (κ1) is 20.8. The summed E-state index contributed by atoms with van der Waals surface area (Å²) < 4.78 is 6.17. The Morgan fingerprint density at radius 2 is 2.07 bits per heavy atom. The standard InChI is InChI=1S/C22H33N3O3S/c1-15(2)23-20(26)9-17-12-25(11-16-5-8-29-14-16)18-13-28-19(22(17)18)10-21(27)24-6-3-4-7-24/h5,8,14-15,17-19,22H,3-4,6-7,9-13H2,1-2H3,(H,23,26)/t17-,18-,19+,22-/m1/s1. The summed E-state index contributed by atoms with van der Waals surface area (Å²) >= 11 is 1.72. The molecule has 3 aliphatic rings. The van der Waals surface area contributed by atoms with E-state index in [4.69, 9.17) is 4.74 Å². The second-order valence-electron chi connectivity index (χ2n) is 9.06. The summed E-state index contributed by atoms with van der Waals surface area (Å²) in [7, 11) is 0. The van der Waals surface area contributed by atoms with Gasteiger partial charge in [-0.1, -0.05) is 0 Å². The molecule has 7 heteroatoms. The van der Waals surface area contributed by atoms with Crippen LogP contribution in [0.3, 0.4) is 0 Å². The highest BCUT2D eigenvalue weighted by molar-refractivity contribution is 7.07. The van der Waals surface area contributed by atoms with Crippen molar-refractivity contribution in [3.63, 3.8) is 0 Å². The van der Waals surface area contributed by atoms with E-state index in [2.05, 4.69) is 27.0 Å². The van der Waals surface area contributed by atoms with Crippen LogP contribution in [-0.2, 0) is 20.9 Å². The fraction of sp³-hybridized carbons (Fsp3) is 0.727. The van der Waals surface area contributed by atoms with Gasteiger partial charge in [-0.05, 0) is 55.0 Å². The fourth-order valence-electron chi connectivity index (χ4n) is 5.30. The van der Waals surface area contributed by atoms with Gasteiger partial charge in [0.1, 0.15) is 0 Å². The molecule has 4 rings (SSSR count). The Balaban J connectivity index is 1.46. The molecule has 0 saturated carbocycles. The topological polar surface area (TPSA) is 61.9 Å². The molecule has 6 nitrogen and oxygen atoms in total. The fourth-order valence-corrected chi connectivity index (χ4v) is 5.96.